The van der Waals surface area contributed by atoms with Crippen LogP contribution in [0.25, 0.3) is 0 Å². The van der Waals surface area contributed by atoms with Gasteiger partial charge < -0.3 is 34.3 Å². The maximum Gasteiger partial charge on any atom is 0.318 e. The van der Waals surface area contributed by atoms with Crippen molar-refractivity contribution in [2.45, 2.75) is 68.1 Å². The number of thiazole rings is 1. The zero-order valence-electron chi connectivity index (χ0n) is 46.9. The Hall–Kier alpha value is -8.08. The Morgan fingerprint density at radius 3 is 1.68 bits per heavy atom. The fourth-order valence-corrected chi connectivity index (χ4v) is 13.4. The zero-order valence-corrected chi connectivity index (χ0v) is 49.5. The van der Waals surface area contributed by atoms with Crippen LogP contribution in [0.2, 0.25) is 18.1 Å². The number of β-lactam (4-membered cyclic amide) rings is 1. The molecule has 12 nitrogen and oxygen atoms in total. The topological polar surface area (TPSA) is 141 Å². The third-order valence-corrected chi connectivity index (χ3v) is 22.6. The monoisotopic (exact) mass is 1150 g/mol. The molecule has 2 N–H and O–H groups in total. The van der Waals surface area contributed by atoms with E-state index in [0.717, 1.165) is 38.9 Å². The molecule has 2 fully saturated rings. The molecule has 0 bridgehead atoms. The minimum absolute atomic E-state index is 0.0175. The number of thioether (sulfide) groups is 1. The molecular weight excluding hydrogens is 1080 g/mol. The van der Waals surface area contributed by atoms with Crippen molar-refractivity contribution in [3.05, 3.63) is 268 Å². The summed E-state index contributed by atoms with van der Waals surface area (Å²) < 4.78 is 17.9. The number of carbonyl (C=O) groups excluding carboxylic acids is 3. The number of oxime groups is 1. The summed E-state index contributed by atoms with van der Waals surface area (Å²) >= 11 is 2.73. The molecule has 0 spiro atoms. The van der Waals surface area contributed by atoms with E-state index in [0.29, 0.717) is 17.5 Å². The molecule has 7 aromatic carbocycles. The van der Waals surface area contributed by atoms with Gasteiger partial charge in [0.15, 0.2) is 19.2 Å². The van der Waals surface area contributed by atoms with E-state index in [1.165, 1.54) is 23.1 Å². The lowest BCUT2D eigenvalue weighted by Gasteiger charge is -2.53. The molecule has 10 rings (SSSR count). The molecule has 0 radical (unpaired) electrons. The van der Waals surface area contributed by atoms with Crippen molar-refractivity contribution in [3.8, 4) is 5.75 Å². The molecule has 0 aliphatic carbocycles. The van der Waals surface area contributed by atoms with Gasteiger partial charge in [0.05, 0.1) is 13.7 Å². The van der Waals surface area contributed by atoms with Crippen molar-refractivity contribution in [1.82, 2.24) is 15.2 Å². The Morgan fingerprint density at radius 2 is 1.21 bits per heavy atom. The van der Waals surface area contributed by atoms with E-state index in [1.54, 1.807) is 17.4 Å². The highest BCUT2D eigenvalue weighted by atomic mass is 32.2. The molecule has 15 heteroatoms. The number of ether oxygens (including phenoxy) is 2. The number of hydrogen-bond donors (Lipinski definition) is 2. The third kappa shape index (κ3) is 11.7. The van der Waals surface area contributed by atoms with Gasteiger partial charge in [-0.2, -0.15) is 0 Å². The molecule has 0 saturated carbocycles. The van der Waals surface area contributed by atoms with E-state index < -0.39 is 48.2 Å². The first-order chi connectivity index (χ1) is 39.7. The standard InChI is InChI=1S/C67H67N5O7S2Si/c1-64(2,3)82(5,6)78-43-25-42-65(62(75)77-44-48-38-40-55(76-4)41-39-48)46-72-60(74)58(61(72)81-47-65)69-59(73)57(71-79-67(52-32-19-10-20-33-52,53-34-21-11-22-35-53)54-36-23-12-24-37-54)56-45-80-63(68-56)70-66(49-26-13-7-14-27-49,50-28-15-8-16-29-50)51-30-17-9-18-31-51/h7-42,45,58,61H,43-44,46-47H2,1-6H3,(H,68,70)(H,69,73)/t58?,61-,65?/m1/s1. The van der Waals surface area contributed by atoms with E-state index in [2.05, 4.69) is 80.9 Å². The van der Waals surface area contributed by atoms with Crippen molar-refractivity contribution in [1.29, 1.82) is 0 Å². The average molecular weight is 1150 g/mol. The molecule has 2 aliphatic rings. The molecule has 2 aliphatic heterocycles. The van der Waals surface area contributed by atoms with Crippen LogP contribution in [-0.2, 0) is 46.1 Å². The van der Waals surface area contributed by atoms with E-state index in [4.69, 9.17) is 28.9 Å². The molecule has 2 unspecified atom stereocenters. The van der Waals surface area contributed by atoms with Crippen LogP contribution in [0.5, 0.6) is 5.75 Å². The molecule has 82 heavy (non-hydrogen) atoms. The number of rotatable bonds is 21. The SMILES string of the molecule is COc1ccc(COC(=O)C2(C=CCO[Si](C)(C)C(C)(C)C)CS[C@@H]3C(NC(=O)C(=NOC(c4ccccc4)(c4ccccc4)c4ccccc4)c4csc(NC(c5ccccc5)(c5ccccc5)c5ccccc5)n4)C(=O)N3C2)cc1. The summed E-state index contributed by atoms with van der Waals surface area (Å²) in [7, 11) is -0.529. The molecule has 3 heterocycles. The van der Waals surface area contributed by atoms with Gasteiger partial charge in [0.2, 0.25) is 11.5 Å². The van der Waals surface area contributed by atoms with E-state index in [-0.39, 0.29) is 41.3 Å². The maximum absolute atomic E-state index is 15.4. The Bertz CT molecular complexity index is 3320. The first-order valence-corrected chi connectivity index (χ1v) is 32.2. The average Bonchev–Trinajstić information content (AvgIpc) is 3.92. The smallest absolute Gasteiger partial charge is 0.318 e. The molecule has 3 atom stereocenters. The van der Waals surface area contributed by atoms with Gasteiger partial charge in [0, 0.05) is 34.4 Å². The first-order valence-electron chi connectivity index (χ1n) is 27.4. The van der Waals surface area contributed by atoms with Gasteiger partial charge in [-0.15, -0.1) is 23.1 Å². The second-order valence-electron chi connectivity index (χ2n) is 22.0. The maximum atomic E-state index is 15.4. The number of esters is 1. The van der Waals surface area contributed by atoms with Gasteiger partial charge >= 0.3 is 5.97 Å². The highest BCUT2D eigenvalue weighted by Crippen LogP contribution is 2.46. The van der Waals surface area contributed by atoms with Gasteiger partial charge in [-0.1, -0.05) is 232 Å². The van der Waals surface area contributed by atoms with Crippen LogP contribution in [0.1, 0.15) is 65.4 Å². The Labute approximate surface area is 489 Å². The first kappa shape index (κ1) is 57.2. The summed E-state index contributed by atoms with van der Waals surface area (Å²) in [4.78, 5) is 58.3. The minimum Gasteiger partial charge on any atom is -0.497 e. The largest absolute Gasteiger partial charge is 0.497 e. The molecule has 1 aromatic heterocycles. The summed E-state index contributed by atoms with van der Waals surface area (Å²) in [5.41, 5.74) is 2.60. The predicted molar refractivity (Wildman–Crippen MR) is 329 cm³/mol. The van der Waals surface area contributed by atoms with Gasteiger partial charge in [0.1, 0.15) is 40.4 Å². The second-order valence-corrected chi connectivity index (χ2v) is 28.8. The number of aromatic nitrogens is 1. The highest BCUT2D eigenvalue weighted by Gasteiger charge is 2.57. The molecule has 418 valence electrons. The number of fused-ring (bicyclic) bond motifs is 1. The summed E-state index contributed by atoms with van der Waals surface area (Å²) in [5, 5.41) is 13.6. The number of anilines is 1. The van der Waals surface area contributed by atoms with Crippen LogP contribution < -0.4 is 15.4 Å². The number of methoxy groups -OCH3 is 1. The second kappa shape index (κ2) is 24.6. The normalized spacial score (nSPS) is 17.6. The fourth-order valence-electron chi connectivity index (χ4n) is 10.2. The summed E-state index contributed by atoms with van der Waals surface area (Å²) in [6.45, 7) is 11.3. The number of benzene rings is 7. The van der Waals surface area contributed by atoms with Crippen molar-refractivity contribution >= 4 is 60.0 Å². The van der Waals surface area contributed by atoms with Gasteiger partial charge in [-0.25, -0.2) is 4.98 Å². The lowest BCUT2D eigenvalue weighted by molar-refractivity contribution is -0.160. The van der Waals surface area contributed by atoms with Gasteiger partial charge in [-0.05, 0) is 52.5 Å². The summed E-state index contributed by atoms with van der Waals surface area (Å²) in [6.07, 6.45) is 3.72. The Morgan fingerprint density at radius 1 is 0.720 bits per heavy atom. The van der Waals surface area contributed by atoms with Crippen LogP contribution >= 0.6 is 23.1 Å². The van der Waals surface area contributed by atoms with Crippen molar-refractivity contribution < 1.29 is 33.1 Å². The highest BCUT2D eigenvalue weighted by molar-refractivity contribution is 8.00. The van der Waals surface area contributed by atoms with E-state index >= 15 is 4.79 Å². The number of carbonyl (C=O) groups is 3. The lowest BCUT2D eigenvalue weighted by atomic mass is 9.77. The summed E-state index contributed by atoms with van der Waals surface area (Å²) in [6, 6.07) is 66.3. The van der Waals surface area contributed by atoms with Crippen LogP contribution in [0.4, 0.5) is 5.13 Å². The van der Waals surface area contributed by atoms with E-state index in [9.17, 15) is 9.59 Å². The number of nitrogens with one attached hydrogen (secondary N) is 2. The van der Waals surface area contributed by atoms with Gasteiger partial charge in [-0.3, -0.25) is 14.4 Å². The molecular formula is C67H67N5O7S2Si. The zero-order chi connectivity index (χ0) is 57.4. The van der Waals surface area contributed by atoms with Crippen LogP contribution in [-0.4, -0.2) is 79.1 Å². The van der Waals surface area contributed by atoms with Crippen molar-refractivity contribution in [2.75, 3.05) is 31.3 Å². The quantitative estimate of drug-likeness (QED) is 0.0136. The van der Waals surface area contributed by atoms with Crippen LogP contribution in [0.15, 0.2) is 229 Å². The Kier molecular flexibility index (Phi) is 17.1. The fraction of sp³-hybridized carbons (Fsp3) is 0.239. The molecule has 2 saturated heterocycles. The number of hydrogen-bond acceptors (Lipinski definition) is 12. The van der Waals surface area contributed by atoms with E-state index in [1.807, 2.05) is 182 Å². The third-order valence-electron chi connectivity index (χ3n) is 15.8. The van der Waals surface area contributed by atoms with Crippen LogP contribution in [0, 0.1) is 5.41 Å². The number of nitrogens with zero attached hydrogens (tertiary/aromatic N) is 3. The predicted octanol–water partition coefficient (Wildman–Crippen LogP) is 13.0. The van der Waals surface area contributed by atoms with Crippen molar-refractivity contribution in [3.63, 3.8) is 0 Å². The number of amides is 2. The molecule has 8 aromatic rings. The molecule has 2 amide bonds. The lowest BCUT2D eigenvalue weighted by Crippen LogP contribution is -2.74. The van der Waals surface area contributed by atoms with Gasteiger partial charge in [0.25, 0.3) is 5.91 Å². The van der Waals surface area contributed by atoms with Crippen molar-refractivity contribution in [2.24, 2.45) is 10.6 Å². The minimum atomic E-state index is -2.13. The van der Waals surface area contributed by atoms with Crippen LogP contribution in [0.3, 0.4) is 0 Å². The Balaban J connectivity index is 1.00. The summed E-state index contributed by atoms with van der Waals surface area (Å²) in [5.74, 6) is -0.522.